The maximum atomic E-state index is 12.7. The number of halogens is 3. The zero-order valence-corrected chi connectivity index (χ0v) is 9.12. The van der Waals surface area contributed by atoms with Crippen LogP contribution in [-0.4, -0.2) is 16.6 Å². The Morgan fingerprint density at radius 3 is 2.39 bits per heavy atom. The van der Waals surface area contributed by atoms with Gasteiger partial charge in [-0.2, -0.15) is 13.2 Å². The number of rotatable bonds is 3. The Labute approximate surface area is 99.9 Å². The molecule has 1 fully saturated rings. The first-order valence-electron chi connectivity index (χ1n) is 5.14. The topological polar surface area (TPSA) is 81.2 Å². The molecule has 1 saturated carbocycles. The summed E-state index contributed by atoms with van der Waals surface area (Å²) in [5.41, 5.74) is 3.31. The highest BCUT2D eigenvalue weighted by molar-refractivity contribution is 5.70. The van der Waals surface area contributed by atoms with E-state index in [2.05, 4.69) is 5.32 Å². The van der Waals surface area contributed by atoms with Crippen molar-refractivity contribution in [1.29, 1.82) is 0 Å². The lowest BCUT2D eigenvalue weighted by molar-refractivity contribution is -0.384. The predicted molar refractivity (Wildman–Crippen MR) is 59.2 cm³/mol. The highest BCUT2D eigenvalue weighted by Gasteiger charge is 2.63. The summed E-state index contributed by atoms with van der Waals surface area (Å²) in [7, 11) is 0. The molecule has 5 nitrogen and oxygen atoms in total. The molecule has 1 aliphatic rings. The van der Waals surface area contributed by atoms with Gasteiger partial charge in [0.15, 0.2) is 0 Å². The molecule has 18 heavy (non-hydrogen) atoms. The first kappa shape index (κ1) is 12.5. The van der Waals surface area contributed by atoms with Crippen molar-refractivity contribution < 1.29 is 18.1 Å². The average molecular weight is 261 g/mol. The fraction of sp³-hybridized carbons (Fsp3) is 0.400. The van der Waals surface area contributed by atoms with Gasteiger partial charge in [0.25, 0.3) is 5.69 Å². The second-order valence-electron chi connectivity index (χ2n) is 4.23. The van der Waals surface area contributed by atoms with Gasteiger partial charge >= 0.3 is 6.18 Å². The van der Waals surface area contributed by atoms with Gasteiger partial charge < -0.3 is 11.1 Å². The molecule has 8 heteroatoms. The lowest BCUT2D eigenvalue weighted by atomic mass is 10.2. The molecule has 0 bridgehead atoms. The standard InChI is InChI=1S/C10H10F3N3O2/c11-10(12,13)9(3-4-9)15-8-2-1-6(16(17)18)5-7(8)14/h1-2,5,15H,3-4,14H2. The number of nitrogen functional groups attached to an aromatic ring is 1. The molecule has 2 rings (SSSR count). The molecule has 1 aromatic rings. The zero-order chi connectivity index (χ0) is 13.6. The molecule has 0 amide bonds. The molecule has 1 aliphatic carbocycles. The average Bonchev–Trinajstić information content (AvgIpc) is 3.01. The van der Waals surface area contributed by atoms with E-state index in [-0.39, 0.29) is 29.9 Å². The molecular weight excluding hydrogens is 251 g/mol. The van der Waals surface area contributed by atoms with Crippen LogP contribution in [0.15, 0.2) is 18.2 Å². The summed E-state index contributed by atoms with van der Waals surface area (Å²) in [5.74, 6) is 0. The van der Waals surface area contributed by atoms with Gasteiger partial charge in [0, 0.05) is 12.1 Å². The van der Waals surface area contributed by atoms with Crippen LogP contribution in [0.2, 0.25) is 0 Å². The van der Waals surface area contributed by atoms with Crippen LogP contribution in [0.5, 0.6) is 0 Å². The molecule has 0 unspecified atom stereocenters. The third-order valence-electron chi connectivity index (χ3n) is 2.91. The Bertz CT molecular complexity index is 498. The quantitative estimate of drug-likeness (QED) is 0.498. The first-order chi connectivity index (χ1) is 8.25. The van der Waals surface area contributed by atoms with Gasteiger partial charge in [-0.3, -0.25) is 10.1 Å². The largest absolute Gasteiger partial charge is 0.411 e. The third kappa shape index (κ3) is 2.05. The number of alkyl halides is 3. The molecule has 0 aromatic heterocycles. The van der Waals surface area contributed by atoms with E-state index in [9.17, 15) is 23.3 Å². The minimum atomic E-state index is -4.36. The first-order valence-corrected chi connectivity index (χ1v) is 5.14. The van der Waals surface area contributed by atoms with Crippen molar-refractivity contribution in [3.8, 4) is 0 Å². The van der Waals surface area contributed by atoms with E-state index in [0.717, 1.165) is 12.1 Å². The van der Waals surface area contributed by atoms with Gasteiger partial charge in [-0.1, -0.05) is 0 Å². The van der Waals surface area contributed by atoms with Crippen LogP contribution in [0.1, 0.15) is 12.8 Å². The second kappa shape index (κ2) is 3.76. The number of anilines is 2. The van der Waals surface area contributed by atoms with Crippen LogP contribution in [0.25, 0.3) is 0 Å². The lowest BCUT2D eigenvalue weighted by Gasteiger charge is -2.22. The molecule has 0 aliphatic heterocycles. The van der Waals surface area contributed by atoms with E-state index < -0.39 is 16.6 Å². The van der Waals surface area contributed by atoms with Crippen LogP contribution in [0.4, 0.5) is 30.2 Å². The minimum absolute atomic E-state index is 0.0209. The number of nitro groups is 1. The molecule has 0 heterocycles. The van der Waals surface area contributed by atoms with Crippen molar-refractivity contribution in [3.63, 3.8) is 0 Å². The number of hydrogen-bond donors (Lipinski definition) is 2. The maximum Gasteiger partial charge on any atom is 0.411 e. The van der Waals surface area contributed by atoms with Crippen molar-refractivity contribution in [3.05, 3.63) is 28.3 Å². The van der Waals surface area contributed by atoms with Gasteiger partial charge in [0.2, 0.25) is 0 Å². The number of hydrogen-bond acceptors (Lipinski definition) is 4. The smallest absolute Gasteiger partial charge is 0.397 e. The van der Waals surface area contributed by atoms with Gasteiger partial charge in [-0.15, -0.1) is 0 Å². The Kier molecular flexibility index (Phi) is 2.60. The molecule has 3 N–H and O–H groups in total. The fourth-order valence-electron chi connectivity index (χ4n) is 1.64. The van der Waals surface area contributed by atoms with Crippen molar-refractivity contribution in [2.75, 3.05) is 11.1 Å². The Hall–Kier alpha value is -1.99. The molecule has 0 saturated heterocycles. The third-order valence-corrected chi connectivity index (χ3v) is 2.91. The van der Waals surface area contributed by atoms with Crippen LogP contribution in [-0.2, 0) is 0 Å². The van der Waals surface area contributed by atoms with Gasteiger partial charge in [0.05, 0.1) is 16.3 Å². The van der Waals surface area contributed by atoms with Gasteiger partial charge in [-0.25, -0.2) is 0 Å². The van der Waals surface area contributed by atoms with E-state index >= 15 is 0 Å². The van der Waals surface area contributed by atoms with E-state index in [1.165, 1.54) is 6.07 Å². The van der Waals surface area contributed by atoms with E-state index in [4.69, 9.17) is 5.73 Å². The van der Waals surface area contributed by atoms with Gasteiger partial charge in [0.1, 0.15) is 5.54 Å². The lowest BCUT2D eigenvalue weighted by Crippen LogP contribution is -2.38. The van der Waals surface area contributed by atoms with Crippen LogP contribution in [0, 0.1) is 10.1 Å². The van der Waals surface area contributed by atoms with Crippen molar-refractivity contribution in [2.45, 2.75) is 24.6 Å². The molecular formula is C10H10F3N3O2. The van der Waals surface area contributed by atoms with E-state index in [1.807, 2.05) is 0 Å². The van der Waals surface area contributed by atoms with Crippen molar-refractivity contribution in [1.82, 2.24) is 0 Å². The molecule has 1 aromatic carbocycles. The Balaban J connectivity index is 2.24. The number of nitrogens with one attached hydrogen (secondary N) is 1. The van der Waals surface area contributed by atoms with Crippen LogP contribution >= 0.6 is 0 Å². The second-order valence-corrected chi connectivity index (χ2v) is 4.23. The molecule has 98 valence electrons. The number of benzene rings is 1. The molecule has 0 spiro atoms. The number of non-ortho nitro benzene ring substituents is 1. The Morgan fingerprint density at radius 2 is 2.00 bits per heavy atom. The summed E-state index contributed by atoms with van der Waals surface area (Å²) in [6.07, 6.45) is -4.40. The van der Waals surface area contributed by atoms with Crippen LogP contribution < -0.4 is 11.1 Å². The number of nitrogens with zero attached hydrogens (tertiary/aromatic N) is 1. The highest BCUT2D eigenvalue weighted by Crippen LogP contribution is 2.51. The van der Waals surface area contributed by atoms with Crippen molar-refractivity contribution >= 4 is 17.1 Å². The van der Waals surface area contributed by atoms with Gasteiger partial charge in [-0.05, 0) is 18.9 Å². The van der Waals surface area contributed by atoms with E-state index in [0.29, 0.717) is 0 Å². The summed E-state index contributed by atoms with van der Waals surface area (Å²) in [4.78, 5) is 9.81. The summed E-state index contributed by atoms with van der Waals surface area (Å²) in [6.45, 7) is 0. The normalized spacial score (nSPS) is 17.3. The molecule has 0 radical (unpaired) electrons. The van der Waals surface area contributed by atoms with E-state index in [1.54, 1.807) is 0 Å². The summed E-state index contributed by atoms with van der Waals surface area (Å²) in [6, 6.07) is 3.35. The highest BCUT2D eigenvalue weighted by atomic mass is 19.4. The zero-order valence-electron chi connectivity index (χ0n) is 9.12. The number of nitrogens with two attached hydrogens (primary N) is 1. The summed E-state index contributed by atoms with van der Waals surface area (Å²) in [5, 5.41) is 12.8. The minimum Gasteiger partial charge on any atom is -0.397 e. The summed E-state index contributed by atoms with van der Waals surface area (Å²) >= 11 is 0. The monoisotopic (exact) mass is 261 g/mol. The number of nitro benzene ring substituents is 1. The van der Waals surface area contributed by atoms with Crippen LogP contribution in [0.3, 0.4) is 0 Å². The van der Waals surface area contributed by atoms with Crippen molar-refractivity contribution in [2.24, 2.45) is 0 Å². The SMILES string of the molecule is Nc1cc([N+](=O)[O-])ccc1NC1(C(F)(F)F)CC1. The molecule has 0 atom stereocenters. The Morgan fingerprint density at radius 1 is 1.39 bits per heavy atom. The summed E-state index contributed by atoms with van der Waals surface area (Å²) < 4.78 is 38.1. The predicted octanol–water partition coefficient (Wildman–Crippen LogP) is 2.68. The maximum absolute atomic E-state index is 12.7. The fourth-order valence-corrected chi connectivity index (χ4v) is 1.64.